The van der Waals surface area contributed by atoms with E-state index in [2.05, 4.69) is 10.3 Å². The van der Waals surface area contributed by atoms with Crippen LogP contribution in [0.2, 0.25) is 0 Å². The first-order chi connectivity index (χ1) is 12.1. The third kappa shape index (κ3) is 3.70. The molecule has 3 aromatic rings. The summed E-state index contributed by atoms with van der Waals surface area (Å²) in [5.74, 6) is 0.180. The van der Waals surface area contributed by atoms with Gasteiger partial charge in [-0.3, -0.25) is 4.79 Å². The molecule has 3 N–H and O–H groups in total. The Bertz CT molecular complexity index is 905. The van der Waals surface area contributed by atoms with Crippen LogP contribution in [0.5, 0.6) is 5.75 Å². The van der Waals surface area contributed by atoms with Gasteiger partial charge in [-0.15, -0.1) is 0 Å². The average molecular weight is 338 g/mol. The van der Waals surface area contributed by atoms with Crippen LogP contribution >= 0.6 is 0 Å². The number of benzene rings is 1. The Morgan fingerprint density at radius 1 is 1.20 bits per heavy atom. The molecule has 1 aromatic carbocycles. The van der Waals surface area contributed by atoms with Crippen LogP contribution in [-0.2, 0) is 6.61 Å². The molecular formula is C19H18N2O4. The topological polar surface area (TPSA) is 95.6 Å². The highest BCUT2D eigenvalue weighted by Crippen LogP contribution is 2.31. The lowest BCUT2D eigenvalue weighted by Crippen LogP contribution is -2.17. The molecule has 1 atom stereocenters. The Kier molecular flexibility index (Phi) is 4.81. The van der Waals surface area contributed by atoms with Crippen molar-refractivity contribution in [1.82, 2.24) is 4.98 Å². The Hall–Kier alpha value is -3.12. The van der Waals surface area contributed by atoms with Crippen molar-refractivity contribution in [2.45, 2.75) is 19.6 Å². The summed E-state index contributed by atoms with van der Waals surface area (Å²) in [5, 5.41) is 22.7. The first-order valence-corrected chi connectivity index (χ1v) is 7.79. The second-order valence-electron chi connectivity index (χ2n) is 5.65. The normalized spacial score (nSPS) is 11.9. The maximum absolute atomic E-state index is 12.0. The van der Waals surface area contributed by atoms with E-state index >= 15 is 0 Å². The number of hydrogen-bond acceptors (Lipinski definition) is 6. The molecular weight excluding hydrogens is 320 g/mol. The molecule has 0 saturated carbocycles. The average Bonchev–Trinajstić information content (AvgIpc) is 2.64. The second-order valence-corrected chi connectivity index (χ2v) is 5.65. The van der Waals surface area contributed by atoms with Crippen LogP contribution in [0.4, 0.5) is 5.82 Å². The van der Waals surface area contributed by atoms with Crippen molar-refractivity contribution in [2.24, 2.45) is 0 Å². The molecule has 6 nitrogen and oxygen atoms in total. The molecule has 6 heteroatoms. The highest BCUT2D eigenvalue weighted by molar-refractivity contribution is 5.45. The predicted octanol–water partition coefficient (Wildman–Crippen LogP) is 2.74. The van der Waals surface area contributed by atoms with Gasteiger partial charge in [0.05, 0.1) is 0 Å². The standard InChI is InChI=1S/C19H18N2O4/c1-12-5-7-13(8-6-12)17(21-16-4-2-3-9-20-16)19-18(24)15(23)10-14(11-22)25-19/h2-10,17,22,24H,11H2,1H3,(H,20,21). The van der Waals surface area contributed by atoms with Crippen LogP contribution in [-0.4, -0.2) is 15.2 Å². The number of aryl methyl sites for hydroxylation is 1. The molecule has 0 bridgehead atoms. The van der Waals surface area contributed by atoms with Crippen molar-refractivity contribution < 1.29 is 14.6 Å². The first-order valence-electron chi connectivity index (χ1n) is 7.79. The number of nitrogens with zero attached hydrogens (tertiary/aromatic N) is 1. The molecule has 0 amide bonds. The molecule has 0 fully saturated rings. The van der Waals surface area contributed by atoms with Gasteiger partial charge in [-0.2, -0.15) is 0 Å². The fourth-order valence-corrected chi connectivity index (χ4v) is 2.48. The van der Waals surface area contributed by atoms with Crippen molar-refractivity contribution in [3.63, 3.8) is 0 Å². The van der Waals surface area contributed by atoms with E-state index in [1.165, 1.54) is 0 Å². The summed E-state index contributed by atoms with van der Waals surface area (Å²) >= 11 is 0. The SMILES string of the molecule is Cc1ccc(C(Nc2ccccn2)c2oc(CO)cc(=O)c2O)cc1. The summed E-state index contributed by atoms with van der Waals surface area (Å²) in [6.07, 6.45) is 1.63. The van der Waals surface area contributed by atoms with Crippen LogP contribution < -0.4 is 10.7 Å². The smallest absolute Gasteiger partial charge is 0.227 e. The van der Waals surface area contributed by atoms with E-state index in [0.29, 0.717) is 5.82 Å². The lowest BCUT2D eigenvalue weighted by molar-refractivity contribution is 0.234. The molecule has 25 heavy (non-hydrogen) atoms. The van der Waals surface area contributed by atoms with E-state index in [1.54, 1.807) is 18.3 Å². The molecule has 0 radical (unpaired) electrons. The minimum Gasteiger partial charge on any atom is -0.502 e. The Morgan fingerprint density at radius 2 is 1.96 bits per heavy atom. The largest absolute Gasteiger partial charge is 0.502 e. The second kappa shape index (κ2) is 7.19. The first kappa shape index (κ1) is 16.7. The van der Waals surface area contributed by atoms with Gasteiger partial charge < -0.3 is 19.9 Å². The van der Waals surface area contributed by atoms with Crippen molar-refractivity contribution in [3.05, 3.63) is 87.6 Å². The van der Waals surface area contributed by atoms with Gasteiger partial charge in [0.25, 0.3) is 0 Å². The maximum Gasteiger partial charge on any atom is 0.227 e. The molecule has 3 rings (SSSR count). The monoisotopic (exact) mass is 338 g/mol. The van der Waals surface area contributed by atoms with E-state index in [1.807, 2.05) is 37.3 Å². The third-order valence-electron chi connectivity index (χ3n) is 3.79. The molecule has 2 heterocycles. The fraction of sp³-hybridized carbons (Fsp3) is 0.158. The Balaban J connectivity index is 2.12. The quantitative estimate of drug-likeness (QED) is 0.662. The highest BCUT2D eigenvalue weighted by atomic mass is 16.4. The lowest BCUT2D eigenvalue weighted by Gasteiger charge is -2.20. The number of rotatable bonds is 5. The van der Waals surface area contributed by atoms with Gasteiger partial charge in [-0.25, -0.2) is 4.98 Å². The van der Waals surface area contributed by atoms with Crippen LogP contribution in [0.3, 0.4) is 0 Å². The summed E-state index contributed by atoms with van der Waals surface area (Å²) in [7, 11) is 0. The van der Waals surface area contributed by atoms with Gasteiger partial charge in [0.1, 0.15) is 24.2 Å². The summed E-state index contributed by atoms with van der Waals surface area (Å²) in [6.45, 7) is 1.53. The molecule has 1 unspecified atom stereocenters. The molecule has 0 saturated heterocycles. The van der Waals surface area contributed by atoms with Crippen LogP contribution in [0.25, 0.3) is 0 Å². The number of aromatic nitrogens is 1. The van der Waals surface area contributed by atoms with Gasteiger partial charge in [0.15, 0.2) is 5.76 Å². The summed E-state index contributed by atoms with van der Waals surface area (Å²) in [4.78, 5) is 16.2. The van der Waals surface area contributed by atoms with E-state index in [-0.39, 0.29) is 11.5 Å². The van der Waals surface area contributed by atoms with E-state index < -0.39 is 23.8 Å². The number of aromatic hydroxyl groups is 1. The zero-order valence-electron chi connectivity index (χ0n) is 13.6. The van der Waals surface area contributed by atoms with Crippen molar-refractivity contribution in [2.75, 3.05) is 5.32 Å². The summed E-state index contributed by atoms with van der Waals surface area (Å²) in [6, 6.07) is 13.4. The number of anilines is 1. The molecule has 2 aromatic heterocycles. The van der Waals surface area contributed by atoms with Crippen molar-refractivity contribution in [1.29, 1.82) is 0 Å². The predicted molar refractivity (Wildman–Crippen MR) is 93.4 cm³/mol. The number of aliphatic hydroxyl groups is 1. The zero-order chi connectivity index (χ0) is 17.8. The number of hydrogen-bond donors (Lipinski definition) is 3. The van der Waals surface area contributed by atoms with E-state index in [9.17, 15) is 15.0 Å². The van der Waals surface area contributed by atoms with Crippen LogP contribution in [0, 0.1) is 6.92 Å². The van der Waals surface area contributed by atoms with Gasteiger partial charge >= 0.3 is 0 Å². The van der Waals surface area contributed by atoms with E-state index in [0.717, 1.165) is 17.2 Å². The van der Waals surface area contributed by atoms with Gasteiger partial charge in [-0.05, 0) is 24.6 Å². The fourth-order valence-electron chi connectivity index (χ4n) is 2.48. The number of nitrogens with one attached hydrogen (secondary N) is 1. The Morgan fingerprint density at radius 3 is 2.60 bits per heavy atom. The van der Waals surface area contributed by atoms with Gasteiger partial charge in [0.2, 0.25) is 11.2 Å². The molecule has 0 aliphatic carbocycles. The number of aliphatic hydroxyl groups excluding tert-OH is 1. The van der Waals surface area contributed by atoms with Crippen molar-refractivity contribution in [3.8, 4) is 5.75 Å². The number of pyridine rings is 1. The van der Waals surface area contributed by atoms with Crippen LogP contribution in [0.1, 0.15) is 28.7 Å². The minimum absolute atomic E-state index is 0.0334. The molecule has 0 aliphatic heterocycles. The molecule has 0 aliphatic rings. The summed E-state index contributed by atoms with van der Waals surface area (Å²) in [5.41, 5.74) is 1.25. The zero-order valence-corrected chi connectivity index (χ0v) is 13.6. The van der Waals surface area contributed by atoms with Gasteiger partial charge in [0, 0.05) is 12.3 Å². The molecule has 128 valence electrons. The third-order valence-corrected chi connectivity index (χ3v) is 3.79. The van der Waals surface area contributed by atoms with Crippen LogP contribution in [0.15, 0.2) is 63.9 Å². The Labute approximate surface area is 144 Å². The minimum atomic E-state index is -0.644. The molecule has 0 spiro atoms. The highest BCUT2D eigenvalue weighted by Gasteiger charge is 2.23. The van der Waals surface area contributed by atoms with Crippen molar-refractivity contribution >= 4 is 5.82 Å². The maximum atomic E-state index is 12.0. The van der Waals surface area contributed by atoms with E-state index in [4.69, 9.17) is 4.42 Å². The van der Waals surface area contributed by atoms with Gasteiger partial charge in [-0.1, -0.05) is 35.9 Å². The summed E-state index contributed by atoms with van der Waals surface area (Å²) < 4.78 is 5.57. The lowest BCUT2D eigenvalue weighted by atomic mass is 10.0.